The molecule has 0 bridgehead atoms. The van der Waals surface area contributed by atoms with Gasteiger partial charge in [0.25, 0.3) is 5.69 Å². The second-order valence-electron chi connectivity index (χ2n) is 4.61. The molecule has 1 fully saturated rings. The van der Waals surface area contributed by atoms with Crippen LogP contribution in [0.2, 0.25) is 0 Å². The third-order valence-electron chi connectivity index (χ3n) is 3.21. The Balaban J connectivity index is 2.31. The van der Waals surface area contributed by atoms with E-state index in [1.807, 2.05) is 0 Å². The number of hydrogen-bond donors (Lipinski definition) is 2. The standard InChI is InChI=1S/C12H13FN2O5/c1-6-2-9(11(15(18)19)3-8(6)13)14-10-5-20-4-7(10)12(16)17/h2-3,7,10,14H,4-5H2,1H3,(H,16,17). The van der Waals surface area contributed by atoms with Gasteiger partial charge in [0.15, 0.2) is 0 Å². The van der Waals surface area contributed by atoms with Gasteiger partial charge in [-0.2, -0.15) is 0 Å². The number of carboxylic acids is 1. The third-order valence-corrected chi connectivity index (χ3v) is 3.21. The van der Waals surface area contributed by atoms with Crippen LogP contribution < -0.4 is 5.32 Å². The van der Waals surface area contributed by atoms with E-state index in [4.69, 9.17) is 9.84 Å². The van der Waals surface area contributed by atoms with E-state index in [0.29, 0.717) is 0 Å². The monoisotopic (exact) mass is 284 g/mol. The van der Waals surface area contributed by atoms with E-state index in [1.54, 1.807) is 0 Å². The fraction of sp³-hybridized carbons (Fsp3) is 0.417. The quantitative estimate of drug-likeness (QED) is 0.642. The Kier molecular flexibility index (Phi) is 3.84. The van der Waals surface area contributed by atoms with Crippen molar-refractivity contribution < 1.29 is 24.0 Å². The number of hydrogen-bond acceptors (Lipinski definition) is 5. The van der Waals surface area contributed by atoms with E-state index in [9.17, 15) is 19.3 Å². The zero-order valence-electron chi connectivity index (χ0n) is 10.6. The van der Waals surface area contributed by atoms with Crippen molar-refractivity contribution in [1.29, 1.82) is 0 Å². The first-order valence-corrected chi connectivity index (χ1v) is 5.91. The summed E-state index contributed by atoms with van der Waals surface area (Å²) >= 11 is 0. The molecule has 108 valence electrons. The first-order valence-electron chi connectivity index (χ1n) is 5.91. The number of nitro benzene ring substituents is 1. The van der Waals surface area contributed by atoms with Crippen LogP contribution in [0.25, 0.3) is 0 Å². The summed E-state index contributed by atoms with van der Waals surface area (Å²) in [6.45, 7) is 1.65. The lowest BCUT2D eigenvalue weighted by Gasteiger charge is -2.17. The molecule has 1 aromatic rings. The van der Waals surface area contributed by atoms with Gasteiger partial charge in [-0.25, -0.2) is 4.39 Å². The summed E-state index contributed by atoms with van der Waals surface area (Å²) in [6, 6.07) is 1.53. The summed E-state index contributed by atoms with van der Waals surface area (Å²) < 4.78 is 18.5. The Morgan fingerprint density at radius 2 is 2.25 bits per heavy atom. The van der Waals surface area contributed by atoms with Crippen LogP contribution in [0.1, 0.15) is 5.56 Å². The van der Waals surface area contributed by atoms with E-state index < -0.39 is 34.4 Å². The number of aryl methyl sites for hydroxylation is 1. The highest BCUT2D eigenvalue weighted by Crippen LogP contribution is 2.30. The molecular weight excluding hydrogens is 271 g/mol. The van der Waals surface area contributed by atoms with Gasteiger partial charge in [0.05, 0.1) is 30.2 Å². The number of halogens is 1. The molecule has 0 radical (unpaired) electrons. The van der Waals surface area contributed by atoms with Gasteiger partial charge in [-0.1, -0.05) is 0 Å². The van der Waals surface area contributed by atoms with Crippen LogP contribution in [0.4, 0.5) is 15.8 Å². The highest BCUT2D eigenvalue weighted by atomic mass is 19.1. The molecule has 0 aliphatic carbocycles. The first-order chi connectivity index (χ1) is 9.40. The number of carboxylic acid groups (broad SMARTS) is 1. The maximum atomic E-state index is 13.4. The number of benzene rings is 1. The number of ether oxygens (including phenoxy) is 1. The van der Waals surface area contributed by atoms with E-state index in [1.165, 1.54) is 13.0 Å². The van der Waals surface area contributed by atoms with E-state index in [0.717, 1.165) is 6.07 Å². The van der Waals surface area contributed by atoms with Crippen molar-refractivity contribution in [2.75, 3.05) is 18.5 Å². The zero-order chi connectivity index (χ0) is 14.9. The number of nitrogens with zero attached hydrogens (tertiary/aromatic N) is 1. The minimum absolute atomic E-state index is 0.0426. The lowest BCUT2D eigenvalue weighted by Crippen LogP contribution is -2.33. The van der Waals surface area contributed by atoms with E-state index >= 15 is 0 Å². The van der Waals surface area contributed by atoms with Crippen molar-refractivity contribution in [3.8, 4) is 0 Å². The summed E-state index contributed by atoms with van der Waals surface area (Å²) in [4.78, 5) is 21.2. The molecule has 1 aromatic carbocycles. The fourth-order valence-corrected chi connectivity index (χ4v) is 2.08. The minimum atomic E-state index is -1.04. The highest BCUT2D eigenvalue weighted by molar-refractivity contribution is 5.73. The molecule has 2 rings (SSSR count). The van der Waals surface area contributed by atoms with Crippen molar-refractivity contribution in [2.45, 2.75) is 13.0 Å². The van der Waals surface area contributed by atoms with Crippen LogP contribution >= 0.6 is 0 Å². The highest BCUT2D eigenvalue weighted by Gasteiger charge is 2.35. The van der Waals surface area contributed by atoms with Crippen LogP contribution in [0.3, 0.4) is 0 Å². The lowest BCUT2D eigenvalue weighted by atomic mass is 10.0. The maximum absolute atomic E-state index is 13.4. The van der Waals surface area contributed by atoms with Crippen molar-refractivity contribution in [3.05, 3.63) is 33.6 Å². The summed E-state index contributed by atoms with van der Waals surface area (Å²) in [5, 5.41) is 22.7. The fourth-order valence-electron chi connectivity index (χ4n) is 2.08. The third kappa shape index (κ3) is 2.69. The Morgan fingerprint density at radius 3 is 2.85 bits per heavy atom. The van der Waals surface area contributed by atoms with Crippen molar-refractivity contribution >= 4 is 17.3 Å². The lowest BCUT2D eigenvalue weighted by molar-refractivity contribution is -0.384. The molecule has 8 heteroatoms. The van der Waals surface area contributed by atoms with Gasteiger partial charge in [0.1, 0.15) is 17.4 Å². The second kappa shape index (κ2) is 5.41. The molecule has 1 heterocycles. The molecule has 0 saturated carbocycles. The predicted octanol–water partition coefficient (Wildman–Crippen LogP) is 1.55. The first kappa shape index (κ1) is 14.2. The van der Waals surface area contributed by atoms with Gasteiger partial charge in [-0.15, -0.1) is 0 Å². The molecule has 0 aromatic heterocycles. The largest absolute Gasteiger partial charge is 0.481 e. The van der Waals surface area contributed by atoms with Gasteiger partial charge in [0.2, 0.25) is 0 Å². The molecule has 1 aliphatic heterocycles. The van der Waals surface area contributed by atoms with E-state index in [2.05, 4.69) is 5.32 Å². The van der Waals surface area contributed by atoms with E-state index in [-0.39, 0.29) is 24.5 Å². The average molecular weight is 284 g/mol. The molecule has 0 spiro atoms. The van der Waals surface area contributed by atoms with Gasteiger partial charge in [-0.3, -0.25) is 14.9 Å². The number of carbonyl (C=O) groups is 1. The number of nitrogens with one attached hydrogen (secondary N) is 1. The Morgan fingerprint density at radius 1 is 1.55 bits per heavy atom. The maximum Gasteiger partial charge on any atom is 0.311 e. The molecular formula is C12H13FN2O5. The van der Waals surface area contributed by atoms with Crippen LogP contribution in [0, 0.1) is 28.8 Å². The minimum Gasteiger partial charge on any atom is -0.481 e. The number of nitro groups is 1. The SMILES string of the molecule is Cc1cc(NC2COCC2C(=O)O)c([N+](=O)[O-])cc1F. The average Bonchev–Trinajstić information content (AvgIpc) is 2.81. The summed E-state index contributed by atoms with van der Waals surface area (Å²) in [5.74, 6) is -2.51. The molecule has 2 unspecified atom stereocenters. The summed E-state index contributed by atoms with van der Waals surface area (Å²) in [5.41, 5.74) is -0.0938. The van der Waals surface area contributed by atoms with Crippen LogP contribution in [-0.4, -0.2) is 35.3 Å². The molecule has 1 saturated heterocycles. The van der Waals surface area contributed by atoms with Crippen LogP contribution in [0.15, 0.2) is 12.1 Å². The zero-order valence-corrected chi connectivity index (χ0v) is 10.6. The topological polar surface area (TPSA) is 102 Å². The van der Waals surface area contributed by atoms with Gasteiger partial charge in [0, 0.05) is 0 Å². The molecule has 2 N–H and O–H groups in total. The number of aliphatic carboxylic acids is 1. The molecule has 7 nitrogen and oxygen atoms in total. The smallest absolute Gasteiger partial charge is 0.311 e. The van der Waals surface area contributed by atoms with Gasteiger partial charge >= 0.3 is 5.97 Å². The second-order valence-corrected chi connectivity index (χ2v) is 4.61. The molecule has 20 heavy (non-hydrogen) atoms. The predicted molar refractivity (Wildman–Crippen MR) is 67.1 cm³/mol. The normalized spacial score (nSPS) is 21.7. The Labute approximate surface area is 113 Å². The van der Waals surface area contributed by atoms with Crippen LogP contribution in [0.5, 0.6) is 0 Å². The van der Waals surface area contributed by atoms with Crippen molar-refractivity contribution in [2.24, 2.45) is 5.92 Å². The van der Waals surface area contributed by atoms with Crippen LogP contribution in [-0.2, 0) is 9.53 Å². The molecule has 1 aliphatic rings. The molecule has 2 atom stereocenters. The summed E-state index contributed by atoms with van der Waals surface area (Å²) in [7, 11) is 0. The van der Waals surface area contributed by atoms with Gasteiger partial charge < -0.3 is 15.2 Å². The Hall–Kier alpha value is -2.22. The molecule has 0 amide bonds. The number of anilines is 1. The number of rotatable bonds is 4. The Bertz CT molecular complexity index is 563. The summed E-state index contributed by atoms with van der Waals surface area (Å²) in [6.07, 6.45) is 0. The van der Waals surface area contributed by atoms with Gasteiger partial charge in [-0.05, 0) is 18.6 Å². The van der Waals surface area contributed by atoms with Crippen molar-refractivity contribution in [1.82, 2.24) is 0 Å². The van der Waals surface area contributed by atoms with Crippen molar-refractivity contribution in [3.63, 3.8) is 0 Å².